The van der Waals surface area contributed by atoms with Crippen LogP contribution in [0.1, 0.15) is 24.3 Å². The summed E-state index contributed by atoms with van der Waals surface area (Å²) in [5.74, 6) is -22.7. The quantitative estimate of drug-likeness (QED) is 0.0516. The van der Waals surface area contributed by atoms with Crippen molar-refractivity contribution < 1.29 is 51.0 Å². The molecule has 4 aromatic carbocycles. The minimum Gasteiger partial charge on any atom is -0.504 e. The molecule has 2 saturated heterocycles. The molecular weight excluding hydrogens is 772 g/mol. The second kappa shape index (κ2) is 12.8. The summed E-state index contributed by atoms with van der Waals surface area (Å²) in [7, 11) is 1.23. The van der Waals surface area contributed by atoms with Crippen molar-refractivity contribution >= 4 is 69.6 Å². The Morgan fingerprint density at radius 3 is 2.00 bits per heavy atom. The Kier molecular flexibility index (Phi) is 8.50. The molecule has 6 unspecified atom stereocenters. The summed E-state index contributed by atoms with van der Waals surface area (Å²) < 4.78 is 79.0. The maximum absolute atomic E-state index is 15.3. The van der Waals surface area contributed by atoms with E-state index in [-0.39, 0.29) is 33.9 Å². The summed E-state index contributed by atoms with van der Waals surface area (Å²) in [5, 5.41) is 14.6. The van der Waals surface area contributed by atoms with Crippen molar-refractivity contribution in [1.29, 1.82) is 0 Å². The molecule has 8 rings (SSSR count). The van der Waals surface area contributed by atoms with Crippen molar-refractivity contribution in [3.8, 4) is 11.5 Å². The first-order valence-electron chi connectivity index (χ1n) is 16.8. The van der Waals surface area contributed by atoms with Gasteiger partial charge in [-0.15, -0.1) is 23.2 Å². The smallest absolute Gasteiger partial charge is 0.258 e. The van der Waals surface area contributed by atoms with Gasteiger partial charge >= 0.3 is 0 Å². The molecule has 16 heteroatoms. The molecule has 2 N–H and O–H groups in total. The Bertz CT molecular complexity index is 2350. The number of anilines is 4. The number of ether oxygens (including phenoxy) is 1. The third-order valence-corrected chi connectivity index (χ3v) is 12.4. The number of nitrogens with one attached hydrogen (secondary N) is 1. The Morgan fingerprint density at radius 1 is 0.745 bits per heavy atom. The summed E-state index contributed by atoms with van der Waals surface area (Å²) in [4.78, 5) is 52.5. The number of carbonyl (C=O) groups excluding carboxylic acids is 4. The Labute approximate surface area is 318 Å². The number of halogens is 7. The van der Waals surface area contributed by atoms with E-state index in [4.69, 9.17) is 27.9 Å². The topological polar surface area (TPSA) is 116 Å². The average molecular weight is 799 g/mol. The highest BCUT2D eigenvalue weighted by atomic mass is 35.5. The van der Waals surface area contributed by atoms with Gasteiger partial charge < -0.3 is 15.2 Å². The second-order valence-corrected chi connectivity index (χ2v) is 14.9. The fraction of sp³-hybridized carbons (Fsp3) is 0.231. The normalized spacial score (nSPS) is 27.2. The standard InChI is InChI=1S/C39H26Cl2F5N3O6/c1-55-24-9-5-8-22(33(24)50)26-20-14-15-21-25(35(52)48(34(21)51)19-12-10-18(11-13-19)47-17-6-3-2-4-7-17)23(20)16-38(40)36(53)49(37(54)39(26,38)41)32-30(45)28(43)27(42)29(44)31(32)46/h2-14,21,23,25-26,47,50H,15-16H2,1H3. The molecule has 2 aliphatic heterocycles. The summed E-state index contributed by atoms with van der Waals surface area (Å²) in [6, 6.07) is 19.8. The number of aromatic hydroxyl groups is 1. The van der Waals surface area contributed by atoms with E-state index in [2.05, 4.69) is 5.32 Å². The molecule has 0 aromatic heterocycles. The van der Waals surface area contributed by atoms with Crippen LogP contribution in [-0.4, -0.2) is 45.6 Å². The monoisotopic (exact) mass is 797 g/mol. The molecule has 2 heterocycles. The van der Waals surface area contributed by atoms with E-state index in [1.807, 2.05) is 30.3 Å². The van der Waals surface area contributed by atoms with Crippen LogP contribution >= 0.6 is 23.2 Å². The SMILES string of the molecule is COc1cccc(C2C3=CCC4C(=O)N(c5ccc(Nc6ccccc6)cc5)C(=O)C4C3CC3(Cl)C(=O)N(c4c(F)c(F)c(F)c(F)c4F)C(=O)C23Cl)c1O. The average Bonchev–Trinajstić information content (AvgIpc) is 3.52. The molecular formula is C39H26Cl2F5N3O6. The van der Waals surface area contributed by atoms with E-state index in [1.54, 1.807) is 24.3 Å². The van der Waals surface area contributed by atoms with Crippen LogP contribution in [-0.2, 0) is 19.2 Å². The van der Waals surface area contributed by atoms with Crippen molar-refractivity contribution in [2.75, 3.05) is 22.2 Å². The maximum Gasteiger partial charge on any atom is 0.258 e. The maximum atomic E-state index is 15.3. The minimum absolute atomic E-state index is 0.0712. The van der Waals surface area contributed by atoms with Gasteiger partial charge in [-0.25, -0.2) is 26.9 Å². The zero-order valence-corrected chi connectivity index (χ0v) is 29.8. The highest BCUT2D eigenvalue weighted by Gasteiger charge is 2.77. The van der Waals surface area contributed by atoms with Gasteiger partial charge in [0.2, 0.25) is 17.6 Å². The molecule has 6 atom stereocenters. The summed E-state index contributed by atoms with van der Waals surface area (Å²) in [5.41, 5.74) is -0.182. The van der Waals surface area contributed by atoms with Gasteiger partial charge in [0.15, 0.2) is 44.5 Å². The number of phenols is 1. The van der Waals surface area contributed by atoms with Gasteiger partial charge in [-0.05, 0) is 61.2 Å². The lowest BCUT2D eigenvalue weighted by molar-refractivity contribution is -0.125. The summed E-state index contributed by atoms with van der Waals surface area (Å²) >= 11 is 14.3. The highest BCUT2D eigenvalue weighted by Crippen LogP contribution is 2.67. The first-order chi connectivity index (χ1) is 26.2. The van der Waals surface area contributed by atoms with Crippen molar-refractivity contribution in [3.63, 3.8) is 0 Å². The number of methoxy groups -OCH3 is 1. The first kappa shape index (κ1) is 36.5. The number of nitrogens with zero attached hydrogens (tertiary/aromatic N) is 2. The molecule has 55 heavy (non-hydrogen) atoms. The summed E-state index contributed by atoms with van der Waals surface area (Å²) in [6.07, 6.45) is 0.782. The van der Waals surface area contributed by atoms with Gasteiger partial charge in [-0.2, -0.15) is 0 Å². The predicted octanol–water partition coefficient (Wildman–Crippen LogP) is 7.61. The van der Waals surface area contributed by atoms with E-state index in [0.717, 1.165) is 10.6 Å². The summed E-state index contributed by atoms with van der Waals surface area (Å²) in [6.45, 7) is 0. The number of fused-ring (bicyclic) bond motifs is 4. The van der Waals surface area contributed by atoms with Gasteiger partial charge in [0.1, 0.15) is 5.69 Å². The van der Waals surface area contributed by atoms with E-state index in [1.165, 1.54) is 31.4 Å². The fourth-order valence-electron chi connectivity index (χ4n) is 8.49. The number of hydrogen-bond donors (Lipinski definition) is 2. The molecule has 282 valence electrons. The van der Waals surface area contributed by atoms with Gasteiger partial charge in [0.25, 0.3) is 11.8 Å². The van der Waals surface area contributed by atoms with E-state index >= 15 is 8.78 Å². The number of carbonyl (C=O) groups is 4. The largest absolute Gasteiger partial charge is 0.504 e. The molecule has 3 fully saturated rings. The predicted molar refractivity (Wildman–Crippen MR) is 190 cm³/mol. The lowest BCUT2D eigenvalue weighted by atomic mass is 9.56. The molecule has 4 aliphatic rings. The number of para-hydroxylation sites is 2. The van der Waals surface area contributed by atoms with Crippen molar-refractivity contribution in [1.82, 2.24) is 0 Å². The van der Waals surface area contributed by atoms with Crippen LogP contribution in [0.25, 0.3) is 0 Å². The molecule has 4 aromatic rings. The van der Waals surface area contributed by atoms with Crippen LogP contribution in [0.15, 0.2) is 84.4 Å². The van der Waals surface area contributed by atoms with E-state index < -0.39 is 104 Å². The Morgan fingerprint density at radius 2 is 1.36 bits per heavy atom. The molecule has 0 radical (unpaired) electrons. The zero-order chi connectivity index (χ0) is 39.3. The van der Waals surface area contributed by atoms with Gasteiger partial charge in [0, 0.05) is 22.9 Å². The van der Waals surface area contributed by atoms with Crippen LogP contribution < -0.4 is 19.9 Å². The Hall–Kier alpha value is -5.47. The molecule has 4 amide bonds. The lowest BCUT2D eigenvalue weighted by Gasteiger charge is -2.50. The molecule has 9 nitrogen and oxygen atoms in total. The number of hydrogen-bond acceptors (Lipinski definition) is 7. The lowest BCUT2D eigenvalue weighted by Crippen LogP contribution is -2.60. The molecule has 2 aliphatic carbocycles. The van der Waals surface area contributed by atoms with Crippen LogP contribution in [0.3, 0.4) is 0 Å². The number of allylic oxidation sites excluding steroid dienone is 2. The first-order valence-corrected chi connectivity index (χ1v) is 17.6. The number of imide groups is 2. The van der Waals surface area contributed by atoms with Gasteiger partial charge in [-0.3, -0.25) is 24.1 Å². The van der Waals surface area contributed by atoms with Crippen LogP contribution in [0.2, 0.25) is 0 Å². The Balaban J connectivity index is 1.25. The van der Waals surface area contributed by atoms with Crippen molar-refractivity contribution in [3.05, 3.63) is 119 Å². The molecule has 0 spiro atoms. The van der Waals surface area contributed by atoms with Crippen LogP contribution in [0.5, 0.6) is 11.5 Å². The second-order valence-electron chi connectivity index (χ2n) is 13.6. The fourth-order valence-corrected chi connectivity index (χ4v) is 9.41. The highest BCUT2D eigenvalue weighted by molar-refractivity contribution is 6.58. The number of amides is 4. The number of rotatable bonds is 6. The van der Waals surface area contributed by atoms with E-state index in [0.29, 0.717) is 5.69 Å². The number of alkyl halides is 2. The third-order valence-electron chi connectivity index (χ3n) is 11.0. The minimum atomic E-state index is -2.79. The van der Waals surface area contributed by atoms with E-state index in [9.17, 15) is 37.5 Å². The number of phenolic OH excluding ortho intramolecular Hbond substituents is 1. The van der Waals surface area contributed by atoms with Gasteiger partial charge in [0.05, 0.1) is 24.6 Å². The van der Waals surface area contributed by atoms with Gasteiger partial charge in [-0.1, -0.05) is 42.0 Å². The number of benzene rings is 4. The van der Waals surface area contributed by atoms with Crippen molar-refractivity contribution in [2.45, 2.75) is 28.5 Å². The van der Waals surface area contributed by atoms with Crippen LogP contribution in [0, 0.1) is 46.8 Å². The van der Waals surface area contributed by atoms with Crippen LogP contribution in [0.4, 0.5) is 44.7 Å². The molecule has 0 bridgehead atoms. The zero-order valence-electron chi connectivity index (χ0n) is 28.3. The molecule has 1 saturated carbocycles. The van der Waals surface area contributed by atoms with Crippen molar-refractivity contribution in [2.24, 2.45) is 17.8 Å². The third kappa shape index (κ3) is 4.96.